The highest BCUT2D eigenvalue weighted by atomic mass is 32.1. The number of anilines is 1. The number of rotatable bonds is 3. The topological polar surface area (TPSA) is 150 Å². The second-order valence-corrected chi connectivity index (χ2v) is 5.83. The zero-order valence-electron chi connectivity index (χ0n) is 11.3. The summed E-state index contributed by atoms with van der Waals surface area (Å²) < 4.78 is 34.0. The first kappa shape index (κ1) is 15.8. The largest absolute Gasteiger partial charge is 0.393 e. The molecule has 0 radical (unpaired) electrons. The van der Waals surface area contributed by atoms with Crippen LogP contribution in [0.1, 0.15) is 5.56 Å². The lowest BCUT2D eigenvalue weighted by molar-refractivity contribution is -0.0933. The van der Waals surface area contributed by atoms with E-state index in [1.165, 1.54) is 5.38 Å². The maximum absolute atomic E-state index is 15.4. The van der Waals surface area contributed by atoms with Gasteiger partial charge in [-0.3, -0.25) is 0 Å². The van der Waals surface area contributed by atoms with Gasteiger partial charge >= 0.3 is 6.08 Å². The summed E-state index contributed by atoms with van der Waals surface area (Å²) in [6.07, 6.45) is -3.16. The molecule has 12 heteroatoms. The third kappa shape index (κ3) is 2.11. The minimum absolute atomic E-state index is 0.111. The first-order valence-electron chi connectivity index (χ1n) is 6.26. The molecule has 122 valence electrons. The summed E-state index contributed by atoms with van der Waals surface area (Å²) in [5, 5.41) is 24.1. The average molecular weight is 344 g/mol. The summed E-state index contributed by atoms with van der Waals surface area (Å²) in [6, 6.07) is 0. The molecule has 1 aliphatic heterocycles. The second-order valence-electron chi connectivity index (χ2n) is 4.95. The van der Waals surface area contributed by atoms with Crippen LogP contribution in [0.2, 0.25) is 0 Å². The Kier molecular flexibility index (Phi) is 3.58. The number of halogens is 2. The number of hydrogen-bond acceptors (Lipinski definition) is 8. The smallest absolute Gasteiger partial charge is 0.311 e. The van der Waals surface area contributed by atoms with Crippen LogP contribution in [0, 0.1) is 6.08 Å². The molecular formula is C11H10F2N6O3S. The van der Waals surface area contributed by atoms with Crippen LogP contribution < -0.4 is 5.73 Å². The van der Waals surface area contributed by atoms with Crippen molar-refractivity contribution in [2.24, 2.45) is 5.11 Å². The fourth-order valence-corrected chi connectivity index (χ4v) is 3.48. The maximum Gasteiger partial charge on any atom is 0.311 e. The number of azide groups is 1. The number of nitrogens with zero attached hydrogens (tertiary/aromatic N) is 5. The molecule has 1 fully saturated rings. The van der Waals surface area contributed by atoms with Crippen LogP contribution in [-0.4, -0.2) is 45.2 Å². The third-order valence-electron chi connectivity index (χ3n) is 3.70. The zero-order chi connectivity index (χ0) is 16.8. The number of aliphatic hydroxyl groups is 2. The molecule has 1 saturated heterocycles. The first-order valence-corrected chi connectivity index (χ1v) is 7.14. The summed E-state index contributed by atoms with van der Waals surface area (Å²) in [6.45, 7) is -1.65. The molecule has 1 aliphatic rings. The number of hydrogen-bond donors (Lipinski definition) is 3. The molecule has 3 rings (SSSR count). The van der Waals surface area contributed by atoms with Crippen LogP contribution in [0.5, 0.6) is 0 Å². The molecule has 3 atom stereocenters. The highest BCUT2D eigenvalue weighted by Crippen LogP contribution is 2.47. The van der Waals surface area contributed by atoms with Gasteiger partial charge in [0.05, 0.1) is 23.4 Å². The third-order valence-corrected chi connectivity index (χ3v) is 4.69. The molecule has 2 aromatic heterocycles. The summed E-state index contributed by atoms with van der Waals surface area (Å²) in [5.41, 5.74) is 9.08. The Balaban J connectivity index is 2.17. The highest BCUT2D eigenvalue weighted by molar-refractivity contribution is 7.18. The monoisotopic (exact) mass is 344 g/mol. The summed E-state index contributed by atoms with van der Waals surface area (Å²) in [5.74, 6) is -0.163. The molecule has 0 amide bonds. The van der Waals surface area contributed by atoms with E-state index in [0.29, 0.717) is 0 Å². The molecule has 9 nitrogen and oxygen atoms in total. The number of thiophene rings is 1. The average Bonchev–Trinajstić information content (AvgIpc) is 3.04. The van der Waals surface area contributed by atoms with E-state index in [9.17, 15) is 14.6 Å². The lowest BCUT2D eigenvalue weighted by atomic mass is 9.89. The summed E-state index contributed by atoms with van der Waals surface area (Å²) in [7, 11) is 0. The number of ether oxygens (including phenoxy) is 1. The Bertz CT molecular complexity index is 827. The minimum Gasteiger partial charge on any atom is -0.393 e. The molecule has 3 heterocycles. The quantitative estimate of drug-likeness (QED) is 0.327. The molecule has 0 saturated carbocycles. The molecule has 2 aromatic rings. The predicted octanol–water partition coefficient (Wildman–Crippen LogP) is 0.967. The second kappa shape index (κ2) is 5.22. The van der Waals surface area contributed by atoms with Gasteiger partial charge < -0.3 is 20.7 Å². The van der Waals surface area contributed by atoms with Crippen molar-refractivity contribution in [1.29, 1.82) is 0 Å². The molecule has 0 aromatic carbocycles. The van der Waals surface area contributed by atoms with Gasteiger partial charge in [-0.15, -0.1) is 11.3 Å². The minimum atomic E-state index is -2.57. The van der Waals surface area contributed by atoms with Gasteiger partial charge in [-0.25, -0.2) is 9.37 Å². The van der Waals surface area contributed by atoms with E-state index in [2.05, 4.69) is 20.0 Å². The van der Waals surface area contributed by atoms with Crippen LogP contribution in [-0.2, 0) is 10.4 Å². The van der Waals surface area contributed by atoms with Crippen LogP contribution in [0.15, 0.2) is 10.5 Å². The lowest BCUT2D eigenvalue weighted by Crippen LogP contribution is -2.47. The van der Waals surface area contributed by atoms with Gasteiger partial charge in [-0.05, 0) is 5.53 Å². The van der Waals surface area contributed by atoms with E-state index in [4.69, 9.17) is 16.0 Å². The van der Waals surface area contributed by atoms with Crippen molar-refractivity contribution in [3.8, 4) is 0 Å². The molecular weight excluding hydrogens is 334 g/mol. The van der Waals surface area contributed by atoms with Crippen molar-refractivity contribution in [1.82, 2.24) is 9.97 Å². The highest BCUT2D eigenvalue weighted by Gasteiger charge is 2.60. The van der Waals surface area contributed by atoms with Gasteiger partial charge in [0.1, 0.15) is 11.9 Å². The number of aliphatic hydroxyl groups excluding tert-OH is 2. The Morgan fingerprint density at radius 2 is 2.35 bits per heavy atom. The molecule has 0 unspecified atom stereocenters. The normalized spacial score (nSPS) is 30.5. The van der Waals surface area contributed by atoms with Gasteiger partial charge in [0.25, 0.3) is 0 Å². The van der Waals surface area contributed by atoms with E-state index in [0.717, 1.165) is 11.3 Å². The maximum atomic E-state index is 15.4. The van der Waals surface area contributed by atoms with Crippen molar-refractivity contribution in [3.63, 3.8) is 0 Å². The number of aromatic nitrogens is 2. The van der Waals surface area contributed by atoms with Crippen LogP contribution in [0.3, 0.4) is 0 Å². The van der Waals surface area contributed by atoms with E-state index < -0.39 is 36.8 Å². The number of nitrogen functional groups attached to an aromatic ring is 1. The van der Waals surface area contributed by atoms with E-state index in [-0.39, 0.29) is 21.6 Å². The van der Waals surface area contributed by atoms with Crippen molar-refractivity contribution >= 4 is 27.4 Å². The standard InChI is InChI=1S/C11H10F2N6O3S/c12-9-16-5-4(1-23-6(5)7(14)17-9)10(13)3-22-11(2-20,8(10)21)18-19-15/h1,8,20-21H,2-3H2,(H2,14,16,17)/t8-,10+,11+/m0/s1. The van der Waals surface area contributed by atoms with Crippen LogP contribution in [0.4, 0.5) is 14.6 Å². The SMILES string of the molecule is [N-]=[N+]=N[C@]1(CO)OC[C@@](F)(c2csc3c(N)nc(F)nc23)[C@@H]1O. The molecule has 0 aliphatic carbocycles. The van der Waals surface area contributed by atoms with Crippen molar-refractivity contribution in [2.45, 2.75) is 17.5 Å². The number of nitrogens with two attached hydrogens (primary N) is 1. The fourth-order valence-electron chi connectivity index (χ4n) is 2.50. The Labute approximate surface area is 131 Å². The summed E-state index contributed by atoms with van der Waals surface area (Å²) in [4.78, 5) is 9.32. The zero-order valence-corrected chi connectivity index (χ0v) is 12.2. The summed E-state index contributed by atoms with van der Waals surface area (Å²) >= 11 is 0.969. The van der Waals surface area contributed by atoms with Crippen molar-refractivity contribution in [3.05, 3.63) is 27.5 Å². The molecule has 0 bridgehead atoms. The van der Waals surface area contributed by atoms with Gasteiger partial charge in [0.2, 0.25) is 0 Å². The van der Waals surface area contributed by atoms with E-state index in [1.54, 1.807) is 0 Å². The molecule has 4 N–H and O–H groups in total. The predicted molar refractivity (Wildman–Crippen MR) is 75.5 cm³/mol. The molecule has 23 heavy (non-hydrogen) atoms. The van der Waals surface area contributed by atoms with E-state index in [1.807, 2.05) is 0 Å². The van der Waals surface area contributed by atoms with Crippen LogP contribution >= 0.6 is 11.3 Å². The van der Waals surface area contributed by atoms with Crippen molar-refractivity contribution < 1.29 is 23.7 Å². The number of alkyl halides is 1. The number of fused-ring (bicyclic) bond motifs is 1. The Hall–Kier alpha value is -2.11. The lowest BCUT2D eigenvalue weighted by Gasteiger charge is -2.28. The van der Waals surface area contributed by atoms with Crippen LogP contribution in [0.25, 0.3) is 20.7 Å². The van der Waals surface area contributed by atoms with Gasteiger partial charge in [0.15, 0.2) is 11.4 Å². The Morgan fingerprint density at radius 3 is 3.00 bits per heavy atom. The van der Waals surface area contributed by atoms with Gasteiger partial charge in [-0.1, -0.05) is 5.11 Å². The van der Waals surface area contributed by atoms with Crippen molar-refractivity contribution in [2.75, 3.05) is 18.9 Å². The molecule has 0 spiro atoms. The fraction of sp³-hybridized carbons (Fsp3) is 0.455. The Morgan fingerprint density at radius 1 is 1.61 bits per heavy atom. The van der Waals surface area contributed by atoms with Gasteiger partial charge in [-0.2, -0.15) is 9.37 Å². The van der Waals surface area contributed by atoms with E-state index >= 15 is 4.39 Å². The first-order chi connectivity index (χ1) is 10.9. The van der Waals surface area contributed by atoms with Gasteiger partial charge in [0, 0.05) is 15.9 Å².